The molecular weight excluding hydrogens is 187 g/mol. The van der Waals surface area contributed by atoms with E-state index in [0.717, 1.165) is 0 Å². The van der Waals surface area contributed by atoms with E-state index in [1.165, 1.54) is 19.2 Å². The number of nitrogens with two attached hydrogens (primary N) is 1. The number of carbonyl (C=O) groups is 1. The second-order valence-corrected chi connectivity index (χ2v) is 2.82. The van der Waals surface area contributed by atoms with Crippen molar-refractivity contribution in [3.8, 4) is 0 Å². The Morgan fingerprint density at radius 1 is 1.57 bits per heavy atom. The number of hydrogen-bond acceptors (Lipinski definition) is 3. The third kappa shape index (κ3) is 2.00. The summed E-state index contributed by atoms with van der Waals surface area (Å²) in [5, 5.41) is 0. The van der Waals surface area contributed by atoms with Crippen LogP contribution in [0.3, 0.4) is 0 Å². The van der Waals surface area contributed by atoms with E-state index >= 15 is 0 Å². The Hall–Kier alpha value is -1.62. The number of anilines is 1. The van der Waals surface area contributed by atoms with Gasteiger partial charge in [0.25, 0.3) is 5.91 Å². The molecule has 1 aromatic carbocycles. The standard InChI is InChI=1S/C9H11FN2O2/c1-5-3-7(10)8(11)4-6(5)9(13)12-14-2/h3-4H,11H2,1-2H3,(H,12,13). The van der Waals surface area contributed by atoms with E-state index in [0.29, 0.717) is 11.1 Å². The molecule has 0 atom stereocenters. The van der Waals surface area contributed by atoms with Gasteiger partial charge >= 0.3 is 0 Å². The first-order valence-electron chi connectivity index (χ1n) is 3.95. The van der Waals surface area contributed by atoms with Gasteiger partial charge in [0, 0.05) is 5.56 Å². The van der Waals surface area contributed by atoms with Gasteiger partial charge in [-0.3, -0.25) is 9.63 Å². The minimum Gasteiger partial charge on any atom is -0.396 e. The molecule has 0 aliphatic rings. The summed E-state index contributed by atoms with van der Waals surface area (Å²) in [6.07, 6.45) is 0. The lowest BCUT2D eigenvalue weighted by Gasteiger charge is -2.07. The average Bonchev–Trinajstić information content (AvgIpc) is 2.11. The lowest BCUT2D eigenvalue weighted by Crippen LogP contribution is -2.23. The first kappa shape index (κ1) is 10.5. The summed E-state index contributed by atoms with van der Waals surface area (Å²) in [5.74, 6) is -0.979. The van der Waals surface area contributed by atoms with Crippen molar-refractivity contribution in [2.24, 2.45) is 0 Å². The quantitative estimate of drug-likeness (QED) is 0.550. The zero-order valence-electron chi connectivity index (χ0n) is 7.93. The van der Waals surface area contributed by atoms with E-state index in [2.05, 4.69) is 10.3 Å². The van der Waals surface area contributed by atoms with Gasteiger partial charge in [0.15, 0.2) is 0 Å². The number of hydroxylamine groups is 1. The fourth-order valence-electron chi connectivity index (χ4n) is 1.08. The molecule has 76 valence electrons. The molecule has 3 N–H and O–H groups in total. The van der Waals surface area contributed by atoms with Gasteiger partial charge in [-0.2, -0.15) is 0 Å². The molecule has 0 bridgehead atoms. The highest BCUT2D eigenvalue weighted by atomic mass is 19.1. The number of carbonyl (C=O) groups excluding carboxylic acids is 1. The zero-order chi connectivity index (χ0) is 10.7. The average molecular weight is 198 g/mol. The van der Waals surface area contributed by atoms with Crippen LogP contribution in [0.5, 0.6) is 0 Å². The highest BCUT2D eigenvalue weighted by molar-refractivity contribution is 5.95. The smallest absolute Gasteiger partial charge is 0.275 e. The van der Waals surface area contributed by atoms with E-state index in [-0.39, 0.29) is 5.69 Å². The van der Waals surface area contributed by atoms with Crippen molar-refractivity contribution in [3.05, 3.63) is 29.1 Å². The minimum atomic E-state index is -0.531. The van der Waals surface area contributed by atoms with E-state index in [1.54, 1.807) is 6.92 Å². The lowest BCUT2D eigenvalue weighted by atomic mass is 10.1. The topological polar surface area (TPSA) is 64.3 Å². The molecular formula is C9H11FN2O2. The molecule has 1 amide bonds. The van der Waals surface area contributed by atoms with Crippen molar-refractivity contribution in [2.45, 2.75) is 6.92 Å². The molecule has 0 spiro atoms. The summed E-state index contributed by atoms with van der Waals surface area (Å²) in [7, 11) is 1.32. The van der Waals surface area contributed by atoms with Gasteiger partial charge < -0.3 is 5.73 Å². The van der Waals surface area contributed by atoms with Gasteiger partial charge in [-0.1, -0.05) is 0 Å². The number of nitrogens with one attached hydrogen (secondary N) is 1. The Bertz CT molecular complexity index is 366. The summed E-state index contributed by atoms with van der Waals surface area (Å²) < 4.78 is 12.9. The molecule has 1 rings (SSSR count). The number of aryl methyl sites for hydroxylation is 1. The van der Waals surface area contributed by atoms with Crippen LogP contribution in [-0.4, -0.2) is 13.0 Å². The third-order valence-electron chi connectivity index (χ3n) is 1.78. The number of amides is 1. The Morgan fingerprint density at radius 3 is 2.79 bits per heavy atom. The fourth-order valence-corrected chi connectivity index (χ4v) is 1.08. The van der Waals surface area contributed by atoms with E-state index < -0.39 is 11.7 Å². The van der Waals surface area contributed by atoms with E-state index in [9.17, 15) is 9.18 Å². The Morgan fingerprint density at radius 2 is 2.21 bits per heavy atom. The first-order chi connectivity index (χ1) is 6.56. The summed E-state index contributed by atoms with van der Waals surface area (Å²) >= 11 is 0. The molecule has 0 saturated heterocycles. The van der Waals surface area contributed by atoms with Gasteiger partial charge in [-0.05, 0) is 24.6 Å². The van der Waals surface area contributed by atoms with Crippen molar-refractivity contribution in [3.63, 3.8) is 0 Å². The molecule has 1 aromatic rings. The van der Waals surface area contributed by atoms with Crippen molar-refractivity contribution < 1.29 is 14.0 Å². The summed E-state index contributed by atoms with van der Waals surface area (Å²) in [4.78, 5) is 15.8. The molecule has 0 heterocycles. The molecule has 0 saturated carbocycles. The Kier molecular flexibility index (Phi) is 3.03. The molecule has 0 aromatic heterocycles. The predicted molar refractivity (Wildman–Crippen MR) is 50.0 cm³/mol. The van der Waals surface area contributed by atoms with Crippen LogP contribution in [0.4, 0.5) is 10.1 Å². The predicted octanol–water partition coefficient (Wildman–Crippen LogP) is 1.01. The second-order valence-electron chi connectivity index (χ2n) is 2.82. The van der Waals surface area contributed by atoms with Crippen LogP contribution in [0.1, 0.15) is 15.9 Å². The SMILES string of the molecule is CONC(=O)c1cc(N)c(F)cc1C. The van der Waals surface area contributed by atoms with Crippen LogP contribution < -0.4 is 11.2 Å². The van der Waals surface area contributed by atoms with Gasteiger partial charge in [0.05, 0.1) is 12.8 Å². The monoisotopic (exact) mass is 198 g/mol. The number of rotatable bonds is 2. The number of halogens is 1. The van der Waals surface area contributed by atoms with Crippen molar-refractivity contribution in [1.82, 2.24) is 5.48 Å². The highest BCUT2D eigenvalue weighted by Gasteiger charge is 2.11. The van der Waals surface area contributed by atoms with Crippen LogP contribution in [0.15, 0.2) is 12.1 Å². The van der Waals surface area contributed by atoms with Crippen molar-refractivity contribution in [2.75, 3.05) is 12.8 Å². The largest absolute Gasteiger partial charge is 0.396 e. The van der Waals surface area contributed by atoms with Gasteiger partial charge in [-0.15, -0.1) is 0 Å². The zero-order valence-corrected chi connectivity index (χ0v) is 7.93. The maximum Gasteiger partial charge on any atom is 0.275 e. The molecule has 0 aliphatic heterocycles. The normalized spacial score (nSPS) is 9.93. The van der Waals surface area contributed by atoms with Gasteiger partial charge in [0.1, 0.15) is 5.82 Å². The Balaban J connectivity index is 3.09. The molecule has 0 fully saturated rings. The number of benzene rings is 1. The van der Waals surface area contributed by atoms with Crippen LogP contribution in [0.2, 0.25) is 0 Å². The van der Waals surface area contributed by atoms with E-state index in [1.807, 2.05) is 0 Å². The lowest BCUT2D eigenvalue weighted by molar-refractivity contribution is 0.0537. The molecule has 14 heavy (non-hydrogen) atoms. The first-order valence-corrected chi connectivity index (χ1v) is 3.95. The summed E-state index contributed by atoms with van der Waals surface area (Å²) in [5.41, 5.74) is 8.20. The second kappa shape index (κ2) is 4.06. The van der Waals surface area contributed by atoms with Crippen LogP contribution in [-0.2, 0) is 4.84 Å². The maximum atomic E-state index is 12.9. The van der Waals surface area contributed by atoms with Gasteiger partial charge in [-0.25, -0.2) is 9.87 Å². The van der Waals surface area contributed by atoms with E-state index in [4.69, 9.17) is 5.73 Å². The molecule has 0 radical (unpaired) electrons. The van der Waals surface area contributed by atoms with Crippen molar-refractivity contribution >= 4 is 11.6 Å². The molecule has 4 nitrogen and oxygen atoms in total. The Labute approximate surface area is 80.8 Å². The molecule has 0 aliphatic carbocycles. The number of nitrogen functional groups attached to an aromatic ring is 1. The maximum absolute atomic E-state index is 12.9. The molecule has 0 unspecified atom stereocenters. The third-order valence-corrected chi connectivity index (χ3v) is 1.78. The summed E-state index contributed by atoms with van der Waals surface area (Å²) in [6.45, 7) is 1.62. The van der Waals surface area contributed by atoms with Gasteiger partial charge in [0.2, 0.25) is 0 Å². The number of hydrogen-bond donors (Lipinski definition) is 2. The van der Waals surface area contributed by atoms with Crippen LogP contribution >= 0.6 is 0 Å². The van der Waals surface area contributed by atoms with Crippen LogP contribution in [0, 0.1) is 12.7 Å². The van der Waals surface area contributed by atoms with Crippen molar-refractivity contribution in [1.29, 1.82) is 0 Å². The van der Waals surface area contributed by atoms with Crippen LogP contribution in [0.25, 0.3) is 0 Å². The minimum absolute atomic E-state index is 0.0585. The highest BCUT2D eigenvalue weighted by Crippen LogP contribution is 2.16. The molecule has 5 heteroatoms. The fraction of sp³-hybridized carbons (Fsp3) is 0.222. The summed E-state index contributed by atoms with van der Waals surface area (Å²) in [6, 6.07) is 2.49.